The molecular weight excluding hydrogens is 423 g/mol. The highest BCUT2D eigenvalue weighted by molar-refractivity contribution is 5.92. The van der Waals surface area contributed by atoms with Crippen LogP contribution in [0.5, 0.6) is 23.0 Å². The summed E-state index contributed by atoms with van der Waals surface area (Å²) in [7, 11) is 1.57. The number of amides is 1. The van der Waals surface area contributed by atoms with Gasteiger partial charge in [0.2, 0.25) is 5.91 Å². The lowest BCUT2D eigenvalue weighted by atomic mass is 9.95. The number of rotatable bonds is 7. The zero-order chi connectivity index (χ0) is 23.2. The number of hydrogen-bond donors (Lipinski definition) is 2. The largest absolute Gasteiger partial charge is 0.507 e. The topological polar surface area (TPSA) is 71.0 Å². The lowest BCUT2D eigenvalue weighted by Gasteiger charge is -2.31. The highest BCUT2D eigenvalue weighted by Gasteiger charge is 2.25. The van der Waals surface area contributed by atoms with Gasteiger partial charge in [-0.05, 0) is 68.4 Å². The molecule has 0 saturated carbocycles. The minimum absolute atomic E-state index is 0.00952. The second-order valence-electron chi connectivity index (χ2n) is 8.09. The molecule has 1 aliphatic rings. The third-order valence-electron chi connectivity index (χ3n) is 5.83. The summed E-state index contributed by atoms with van der Waals surface area (Å²) >= 11 is 0. The fourth-order valence-electron chi connectivity index (χ4n) is 3.90. The number of ether oxygens (including phenoxy) is 2. The molecule has 1 aliphatic heterocycles. The van der Waals surface area contributed by atoms with E-state index >= 15 is 0 Å². The predicted molar refractivity (Wildman–Crippen MR) is 124 cm³/mol. The van der Waals surface area contributed by atoms with E-state index in [1.165, 1.54) is 6.07 Å². The summed E-state index contributed by atoms with van der Waals surface area (Å²) in [6, 6.07) is 18.4. The van der Waals surface area contributed by atoms with E-state index < -0.39 is 5.82 Å². The number of methoxy groups -OCH3 is 1. The van der Waals surface area contributed by atoms with Crippen LogP contribution in [-0.2, 0) is 11.3 Å². The van der Waals surface area contributed by atoms with E-state index in [4.69, 9.17) is 9.47 Å². The Labute approximate surface area is 192 Å². The molecule has 0 unspecified atom stereocenters. The first-order valence-corrected chi connectivity index (χ1v) is 10.9. The van der Waals surface area contributed by atoms with Crippen molar-refractivity contribution in [3.63, 3.8) is 0 Å². The second kappa shape index (κ2) is 10.4. The molecule has 1 amide bonds. The Kier molecular flexibility index (Phi) is 7.10. The minimum atomic E-state index is -0.427. The normalized spacial score (nSPS) is 14.6. The summed E-state index contributed by atoms with van der Waals surface area (Å²) in [5.41, 5.74) is 1.52. The fraction of sp³-hybridized carbons (Fsp3) is 0.269. The van der Waals surface area contributed by atoms with Crippen LogP contribution in [0.2, 0.25) is 0 Å². The molecule has 0 radical (unpaired) electrons. The average molecular weight is 451 g/mol. The Morgan fingerprint density at radius 2 is 1.76 bits per heavy atom. The van der Waals surface area contributed by atoms with E-state index in [-0.39, 0.29) is 23.3 Å². The molecule has 4 rings (SSSR count). The van der Waals surface area contributed by atoms with Gasteiger partial charge in [-0.3, -0.25) is 9.69 Å². The maximum atomic E-state index is 13.7. The Bertz CT molecular complexity index is 1100. The summed E-state index contributed by atoms with van der Waals surface area (Å²) in [5.74, 6) is 0.987. The van der Waals surface area contributed by atoms with Crippen LogP contribution >= 0.6 is 0 Å². The number of benzene rings is 3. The number of carbonyl (C=O) groups is 1. The number of halogens is 1. The zero-order valence-electron chi connectivity index (χ0n) is 18.5. The van der Waals surface area contributed by atoms with Crippen molar-refractivity contribution in [3.8, 4) is 23.0 Å². The highest BCUT2D eigenvalue weighted by atomic mass is 19.1. The maximum absolute atomic E-state index is 13.7. The molecule has 0 aliphatic carbocycles. The van der Waals surface area contributed by atoms with Crippen molar-refractivity contribution < 1.29 is 23.8 Å². The number of anilines is 1. The summed E-state index contributed by atoms with van der Waals surface area (Å²) in [5, 5.41) is 13.1. The van der Waals surface area contributed by atoms with Gasteiger partial charge < -0.3 is 19.9 Å². The first-order valence-electron chi connectivity index (χ1n) is 10.9. The molecule has 1 fully saturated rings. The van der Waals surface area contributed by atoms with Gasteiger partial charge >= 0.3 is 0 Å². The molecule has 3 aromatic carbocycles. The van der Waals surface area contributed by atoms with Gasteiger partial charge in [-0.25, -0.2) is 4.39 Å². The quantitative estimate of drug-likeness (QED) is 0.519. The summed E-state index contributed by atoms with van der Waals surface area (Å²) in [6.45, 7) is 2.19. The molecule has 3 aromatic rings. The third-order valence-corrected chi connectivity index (χ3v) is 5.83. The van der Waals surface area contributed by atoms with Crippen LogP contribution in [0.3, 0.4) is 0 Å². The Balaban J connectivity index is 1.26. The first-order chi connectivity index (χ1) is 16.0. The van der Waals surface area contributed by atoms with Crippen molar-refractivity contribution in [1.29, 1.82) is 0 Å². The molecule has 172 valence electrons. The lowest BCUT2D eigenvalue weighted by molar-refractivity contribution is -0.121. The number of carbonyl (C=O) groups excluding carboxylic acids is 1. The molecule has 1 heterocycles. The van der Waals surface area contributed by atoms with E-state index in [0.29, 0.717) is 23.7 Å². The lowest BCUT2D eigenvalue weighted by Crippen LogP contribution is -2.37. The fourth-order valence-corrected chi connectivity index (χ4v) is 3.90. The van der Waals surface area contributed by atoms with Crippen molar-refractivity contribution in [1.82, 2.24) is 4.90 Å². The molecule has 0 atom stereocenters. The van der Waals surface area contributed by atoms with E-state index in [1.54, 1.807) is 55.6 Å². The number of nitrogens with one attached hydrogen (secondary N) is 1. The Morgan fingerprint density at radius 1 is 1.06 bits per heavy atom. The number of phenols is 1. The van der Waals surface area contributed by atoms with Gasteiger partial charge in [0.1, 0.15) is 17.2 Å². The smallest absolute Gasteiger partial charge is 0.227 e. The van der Waals surface area contributed by atoms with Gasteiger partial charge in [0.15, 0.2) is 11.6 Å². The van der Waals surface area contributed by atoms with Gasteiger partial charge in [0.25, 0.3) is 0 Å². The monoisotopic (exact) mass is 450 g/mol. The number of aromatic hydroxyl groups is 1. The maximum Gasteiger partial charge on any atom is 0.227 e. The van der Waals surface area contributed by atoms with Crippen molar-refractivity contribution in [2.75, 3.05) is 25.5 Å². The van der Waals surface area contributed by atoms with Crippen molar-refractivity contribution in [2.45, 2.75) is 19.4 Å². The first kappa shape index (κ1) is 22.6. The van der Waals surface area contributed by atoms with Crippen molar-refractivity contribution in [2.24, 2.45) is 5.92 Å². The van der Waals surface area contributed by atoms with Gasteiger partial charge in [0, 0.05) is 29.8 Å². The standard InChI is InChI=1S/C26H27FN2O4/c1-32-22-9-6-19(24(30)16-22)17-29-14-12-18(13-15-29)26(31)28-20-7-10-21(11-8-20)33-25-5-3-2-4-23(25)27/h2-11,16,18,30H,12-15,17H2,1H3,(H,28,31). The van der Waals surface area contributed by atoms with Crippen molar-refractivity contribution >= 4 is 11.6 Å². The number of phenolic OH excluding ortho intramolecular Hbond substituents is 1. The number of para-hydroxylation sites is 1. The molecule has 0 bridgehead atoms. The summed E-state index contributed by atoms with van der Waals surface area (Å²) in [4.78, 5) is 14.9. The summed E-state index contributed by atoms with van der Waals surface area (Å²) in [6.07, 6.45) is 1.49. The van der Waals surface area contributed by atoms with Gasteiger partial charge in [-0.1, -0.05) is 18.2 Å². The molecule has 1 saturated heterocycles. The number of likely N-dealkylation sites (tertiary alicyclic amines) is 1. The van der Waals surface area contributed by atoms with Crippen LogP contribution in [0.15, 0.2) is 66.7 Å². The van der Waals surface area contributed by atoms with Crippen LogP contribution in [0.1, 0.15) is 18.4 Å². The zero-order valence-corrected chi connectivity index (χ0v) is 18.5. The van der Waals surface area contributed by atoms with Crippen LogP contribution < -0.4 is 14.8 Å². The number of nitrogens with zero attached hydrogens (tertiary/aromatic N) is 1. The van der Waals surface area contributed by atoms with E-state index in [1.807, 2.05) is 12.1 Å². The van der Waals surface area contributed by atoms with Crippen molar-refractivity contribution in [3.05, 3.63) is 78.1 Å². The highest BCUT2D eigenvalue weighted by Crippen LogP contribution is 2.28. The predicted octanol–water partition coefficient (Wildman–Crippen LogP) is 5.18. The Morgan fingerprint density at radius 3 is 2.42 bits per heavy atom. The molecule has 6 nitrogen and oxygen atoms in total. The SMILES string of the molecule is COc1ccc(CN2CCC(C(=O)Nc3ccc(Oc4ccccc4F)cc3)CC2)c(O)c1. The van der Waals surface area contributed by atoms with Gasteiger partial charge in [-0.15, -0.1) is 0 Å². The Hall–Kier alpha value is -3.58. The molecule has 0 spiro atoms. The van der Waals surface area contributed by atoms with Gasteiger partial charge in [0.05, 0.1) is 7.11 Å². The summed E-state index contributed by atoms with van der Waals surface area (Å²) < 4.78 is 24.4. The molecule has 2 N–H and O–H groups in total. The van der Waals surface area contributed by atoms with Crippen LogP contribution in [0.4, 0.5) is 10.1 Å². The van der Waals surface area contributed by atoms with Crippen LogP contribution in [0.25, 0.3) is 0 Å². The molecule has 33 heavy (non-hydrogen) atoms. The van der Waals surface area contributed by atoms with Crippen LogP contribution in [-0.4, -0.2) is 36.1 Å². The van der Waals surface area contributed by atoms with E-state index in [9.17, 15) is 14.3 Å². The molecule has 0 aromatic heterocycles. The third kappa shape index (κ3) is 5.81. The van der Waals surface area contributed by atoms with E-state index in [0.717, 1.165) is 31.5 Å². The molecular formula is C26H27FN2O4. The second-order valence-corrected chi connectivity index (χ2v) is 8.09. The van der Waals surface area contributed by atoms with Gasteiger partial charge in [-0.2, -0.15) is 0 Å². The number of piperidine rings is 1. The molecule has 7 heteroatoms. The average Bonchev–Trinajstić information content (AvgIpc) is 2.83. The van der Waals surface area contributed by atoms with Crippen LogP contribution in [0, 0.1) is 11.7 Å². The van der Waals surface area contributed by atoms with E-state index in [2.05, 4.69) is 10.2 Å². The minimum Gasteiger partial charge on any atom is -0.507 e. The number of hydrogen-bond acceptors (Lipinski definition) is 5.